The van der Waals surface area contributed by atoms with E-state index >= 15 is 0 Å². The molecular weight excluding hydrogens is 304 g/mol. The third-order valence-corrected chi connectivity index (χ3v) is 3.46. The third kappa shape index (κ3) is 4.59. The van der Waals surface area contributed by atoms with Gasteiger partial charge < -0.3 is 15.4 Å². The molecule has 0 fully saturated rings. The van der Waals surface area contributed by atoms with Gasteiger partial charge in [0.1, 0.15) is 5.75 Å². The van der Waals surface area contributed by atoms with E-state index in [2.05, 4.69) is 10.6 Å². The molecule has 0 aromatic heterocycles. The molecule has 0 aliphatic rings. The van der Waals surface area contributed by atoms with Crippen LogP contribution in [-0.4, -0.2) is 18.4 Å². The summed E-state index contributed by atoms with van der Waals surface area (Å²) in [6, 6.07) is 14.3. The van der Waals surface area contributed by atoms with E-state index in [4.69, 9.17) is 4.74 Å². The Labute approximate surface area is 142 Å². The number of nitrogens with one attached hydrogen (secondary N) is 2. The van der Waals surface area contributed by atoms with E-state index in [-0.39, 0.29) is 5.92 Å². The zero-order valence-corrected chi connectivity index (χ0v) is 14.1. The zero-order chi connectivity index (χ0) is 17.5. The molecule has 0 aliphatic carbocycles. The van der Waals surface area contributed by atoms with Crippen LogP contribution in [0.25, 0.3) is 0 Å². The fourth-order valence-corrected chi connectivity index (χ4v) is 2.28. The van der Waals surface area contributed by atoms with Gasteiger partial charge in [0.05, 0.1) is 6.61 Å². The van der Waals surface area contributed by atoms with E-state index in [9.17, 15) is 9.59 Å². The summed E-state index contributed by atoms with van der Waals surface area (Å²) >= 11 is 0. The molecule has 0 atom stereocenters. The fourth-order valence-electron chi connectivity index (χ4n) is 2.28. The van der Waals surface area contributed by atoms with Crippen LogP contribution in [0.5, 0.6) is 5.75 Å². The Morgan fingerprint density at radius 3 is 2.21 bits per heavy atom. The Kier molecular flexibility index (Phi) is 5.95. The van der Waals surface area contributed by atoms with Gasteiger partial charge in [0, 0.05) is 11.4 Å². The molecule has 0 radical (unpaired) electrons. The van der Waals surface area contributed by atoms with Crippen molar-refractivity contribution in [1.82, 2.24) is 0 Å². The van der Waals surface area contributed by atoms with Crippen molar-refractivity contribution >= 4 is 23.2 Å². The van der Waals surface area contributed by atoms with E-state index in [1.165, 1.54) is 0 Å². The van der Waals surface area contributed by atoms with Crippen molar-refractivity contribution < 1.29 is 14.3 Å². The number of para-hydroxylation sites is 1. The van der Waals surface area contributed by atoms with Crippen molar-refractivity contribution in [2.75, 3.05) is 17.2 Å². The van der Waals surface area contributed by atoms with Gasteiger partial charge in [-0.25, -0.2) is 0 Å². The first-order valence-corrected chi connectivity index (χ1v) is 7.95. The zero-order valence-electron chi connectivity index (χ0n) is 14.1. The van der Waals surface area contributed by atoms with E-state index in [1.807, 2.05) is 39.0 Å². The molecule has 5 nitrogen and oxygen atoms in total. The Balaban J connectivity index is 2.01. The lowest BCUT2D eigenvalue weighted by Crippen LogP contribution is -2.29. The first kappa shape index (κ1) is 17.5. The van der Waals surface area contributed by atoms with E-state index < -0.39 is 11.8 Å². The van der Waals surface area contributed by atoms with Gasteiger partial charge >= 0.3 is 11.8 Å². The van der Waals surface area contributed by atoms with Gasteiger partial charge in [0.15, 0.2) is 0 Å². The van der Waals surface area contributed by atoms with Crippen LogP contribution >= 0.6 is 0 Å². The number of ether oxygens (including phenoxy) is 1. The molecular formula is C19H22N2O3. The first-order valence-electron chi connectivity index (χ1n) is 7.95. The van der Waals surface area contributed by atoms with Gasteiger partial charge in [-0.1, -0.05) is 32.0 Å². The van der Waals surface area contributed by atoms with Crippen LogP contribution in [-0.2, 0) is 9.59 Å². The molecule has 2 rings (SSSR count). The van der Waals surface area contributed by atoms with Crippen molar-refractivity contribution in [2.24, 2.45) is 0 Å². The number of carbonyl (C=O) groups excluding carboxylic acids is 2. The highest BCUT2D eigenvalue weighted by atomic mass is 16.5. The molecule has 0 aliphatic heterocycles. The summed E-state index contributed by atoms with van der Waals surface area (Å²) in [4.78, 5) is 24.2. The molecule has 2 amide bonds. The molecule has 0 unspecified atom stereocenters. The van der Waals surface area contributed by atoms with Crippen molar-refractivity contribution in [2.45, 2.75) is 26.7 Å². The summed E-state index contributed by atoms with van der Waals surface area (Å²) in [6.07, 6.45) is 0. The molecule has 2 N–H and O–H groups in total. The maximum absolute atomic E-state index is 12.1. The lowest BCUT2D eigenvalue weighted by atomic mass is 10.0. The van der Waals surface area contributed by atoms with Crippen LogP contribution in [0.1, 0.15) is 32.3 Å². The number of rotatable bonds is 5. The van der Waals surface area contributed by atoms with Crippen LogP contribution in [0.4, 0.5) is 11.4 Å². The van der Waals surface area contributed by atoms with E-state index in [0.717, 1.165) is 5.56 Å². The highest BCUT2D eigenvalue weighted by Gasteiger charge is 2.16. The Morgan fingerprint density at radius 2 is 1.58 bits per heavy atom. The van der Waals surface area contributed by atoms with Crippen LogP contribution in [0.2, 0.25) is 0 Å². The predicted molar refractivity (Wildman–Crippen MR) is 95.4 cm³/mol. The molecule has 0 bridgehead atoms. The lowest BCUT2D eigenvalue weighted by Gasteiger charge is -2.13. The molecule has 2 aromatic rings. The third-order valence-electron chi connectivity index (χ3n) is 3.46. The van der Waals surface area contributed by atoms with Crippen LogP contribution in [0.3, 0.4) is 0 Å². The van der Waals surface area contributed by atoms with Crippen LogP contribution in [0.15, 0.2) is 48.5 Å². The first-order chi connectivity index (χ1) is 11.5. The normalized spacial score (nSPS) is 10.3. The van der Waals surface area contributed by atoms with E-state index in [0.29, 0.717) is 23.7 Å². The molecule has 0 saturated carbocycles. The summed E-state index contributed by atoms with van der Waals surface area (Å²) in [5, 5.41) is 5.24. The number of hydrogen-bond acceptors (Lipinski definition) is 3. The minimum atomic E-state index is -0.710. The Bertz CT molecular complexity index is 709. The monoisotopic (exact) mass is 326 g/mol. The van der Waals surface area contributed by atoms with Crippen molar-refractivity contribution in [3.8, 4) is 5.75 Å². The minimum absolute atomic E-state index is 0.246. The second-order valence-corrected chi connectivity index (χ2v) is 5.61. The summed E-state index contributed by atoms with van der Waals surface area (Å²) < 4.78 is 5.34. The van der Waals surface area contributed by atoms with E-state index in [1.54, 1.807) is 30.3 Å². The van der Waals surface area contributed by atoms with Gasteiger partial charge in [-0.2, -0.15) is 0 Å². The van der Waals surface area contributed by atoms with Gasteiger partial charge in [-0.05, 0) is 48.7 Å². The second kappa shape index (κ2) is 8.15. The van der Waals surface area contributed by atoms with Gasteiger partial charge in [0.2, 0.25) is 0 Å². The number of carbonyl (C=O) groups is 2. The maximum atomic E-state index is 12.1. The van der Waals surface area contributed by atoms with Gasteiger partial charge in [-0.3, -0.25) is 9.59 Å². The molecule has 0 saturated heterocycles. The van der Waals surface area contributed by atoms with Crippen molar-refractivity contribution in [1.29, 1.82) is 0 Å². The van der Waals surface area contributed by atoms with Crippen LogP contribution < -0.4 is 15.4 Å². The standard InChI is InChI=1S/C19H22N2O3/c1-4-24-15-11-9-14(10-12-15)20-18(22)19(23)21-17-8-6-5-7-16(17)13(2)3/h5-13H,4H2,1-3H3,(H,20,22)(H,21,23). The number of benzene rings is 2. The Hall–Kier alpha value is -2.82. The van der Waals surface area contributed by atoms with Crippen molar-refractivity contribution in [3.05, 3.63) is 54.1 Å². The van der Waals surface area contributed by atoms with Gasteiger partial charge in [-0.15, -0.1) is 0 Å². The van der Waals surface area contributed by atoms with Crippen molar-refractivity contribution in [3.63, 3.8) is 0 Å². The fraction of sp³-hybridized carbons (Fsp3) is 0.263. The van der Waals surface area contributed by atoms with Gasteiger partial charge in [0.25, 0.3) is 0 Å². The molecule has 0 spiro atoms. The summed E-state index contributed by atoms with van der Waals surface area (Å²) in [5.74, 6) is -0.448. The Morgan fingerprint density at radius 1 is 0.958 bits per heavy atom. The predicted octanol–water partition coefficient (Wildman–Crippen LogP) is 3.79. The average molecular weight is 326 g/mol. The summed E-state index contributed by atoms with van der Waals surface area (Å²) in [7, 11) is 0. The van der Waals surface area contributed by atoms with Crippen LogP contribution in [0, 0.1) is 0 Å². The smallest absolute Gasteiger partial charge is 0.314 e. The quantitative estimate of drug-likeness (QED) is 0.822. The number of hydrogen-bond donors (Lipinski definition) is 2. The molecule has 2 aromatic carbocycles. The lowest BCUT2D eigenvalue weighted by molar-refractivity contribution is -0.133. The number of anilines is 2. The molecule has 5 heteroatoms. The largest absolute Gasteiger partial charge is 0.494 e. The summed E-state index contributed by atoms with van der Waals surface area (Å²) in [5.41, 5.74) is 2.18. The SMILES string of the molecule is CCOc1ccc(NC(=O)C(=O)Nc2ccccc2C(C)C)cc1. The second-order valence-electron chi connectivity index (χ2n) is 5.61. The molecule has 24 heavy (non-hydrogen) atoms. The molecule has 126 valence electrons. The average Bonchev–Trinajstić information content (AvgIpc) is 2.57. The highest BCUT2D eigenvalue weighted by molar-refractivity contribution is 6.43. The summed E-state index contributed by atoms with van der Waals surface area (Å²) in [6.45, 7) is 6.54. The number of amides is 2. The minimum Gasteiger partial charge on any atom is -0.494 e. The molecule has 0 heterocycles. The topological polar surface area (TPSA) is 67.4 Å². The maximum Gasteiger partial charge on any atom is 0.314 e. The highest BCUT2D eigenvalue weighted by Crippen LogP contribution is 2.23.